The van der Waals surface area contributed by atoms with Gasteiger partial charge in [-0.15, -0.1) is 0 Å². The maximum Gasteiger partial charge on any atom is 0.331 e. The van der Waals surface area contributed by atoms with Crippen molar-refractivity contribution in [2.75, 3.05) is 46.6 Å². The summed E-state index contributed by atoms with van der Waals surface area (Å²) in [5, 5.41) is 0. The molecule has 1 aromatic carbocycles. The van der Waals surface area contributed by atoms with Crippen LogP contribution in [0.5, 0.6) is 11.5 Å². The summed E-state index contributed by atoms with van der Waals surface area (Å²) in [7, 11) is 1.57. The Balaban J connectivity index is 1.87. The maximum atomic E-state index is 11.9. The largest absolute Gasteiger partial charge is 0.493 e. The second kappa shape index (κ2) is 9.68. The lowest BCUT2D eigenvalue weighted by Gasteiger charge is -2.26. The van der Waals surface area contributed by atoms with Crippen LogP contribution in [0.25, 0.3) is 6.08 Å². The van der Waals surface area contributed by atoms with Crippen molar-refractivity contribution in [3.8, 4) is 11.5 Å². The summed E-state index contributed by atoms with van der Waals surface area (Å²) in [6, 6.07) is 5.33. The molecule has 0 aliphatic carbocycles. The number of morpholine rings is 1. The predicted molar refractivity (Wildman–Crippen MR) is 91.6 cm³/mol. The molecule has 1 heterocycles. The topological polar surface area (TPSA) is 74.3 Å². The van der Waals surface area contributed by atoms with E-state index < -0.39 is 5.97 Å². The average molecular weight is 349 g/mol. The fourth-order valence-corrected chi connectivity index (χ4v) is 2.31. The maximum absolute atomic E-state index is 11.9. The normalized spacial score (nSPS) is 14.4. The summed E-state index contributed by atoms with van der Waals surface area (Å²) >= 11 is 0. The van der Waals surface area contributed by atoms with E-state index in [4.69, 9.17) is 18.9 Å². The van der Waals surface area contributed by atoms with Crippen molar-refractivity contribution in [1.29, 1.82) is 0 Å². The number of benzene rings is 1. The smallest absolute Gasteiger partial charge is 0.331 e. The SMILES string of the molecule is CCOc1cc(/C=C/C(=O)OCC(=O)N2CCOCC2)ccc1OC. The first kappa shape index (κ1) is 18.8. The molecule has 0 radical (unpaired) electrons. The van der Waals surface area contributed by atoms with Gasteiger partial charge in [-0.25, -0.2) is 4.79 Å². The first-order valence-corrected chi connectivity index (χ1v) is 8.15. The summed E-state index contributed by atoms with van der Waals surface area (Å²) < 4.78 is 20.9. The van der Waals surface area contributed by atoms with Gasteiger partial charge in [-0.05, 0) is 30.7 Å². The van der Waals surface area contributed by atoms with E-state index in [9.17, 15) is 9.59 Å². The van der Waals surface area contributed by atoms with E-state index in [1.54, 1.807) is 36.3 Å². The molecule has 0 saturated carbocycles. The first-order valence-electron chi connectivity index (χ1n) is 8.15. The van der Waals surface area contributed by atoms with Crippen molar-refractivity contribution in [1.82, 2.24) is 4.90 Å². The molecule has 136 valence electrons. The molecule has 1 saturated heterocycles. The van der Waals surface area contributed by atoms with Crippen molar-refractivity contribution >= 4 is 18.0 Å². The van der Waals surface area contributed by atoms with Crippen LogP contribution in [0, 0.1) is 0 Å². The zero-order chi connectivity index (χ0) is 18.1. The molecule has 1 aliphatic heterocycles. The van der Waals surface area contributed by atoms with Crippen LogP contribution < -0.4 is 9.47 Å². The number of nitrogens with zero attached hydrogens (tertiary/aromatic N) is 1. The minimum absolute atomic E-state index is 0.215. The van der Waals surface area contributed by atoms with E-state index in [0.29, 0.717) is 44.4 Å². The number of methoxy groups -OCH3 is 1. The van der Waals surface area contributed by atoms with Crippen molar-refractivity contribution in [2.45, 2.75) is 6.92 Å². The van der Waals surface area contributed by atoms with E-state index in [2.05, 4.69) is 0 Å². The standard InChI is InChI=1S/C18H23NO6/c1-3-24-16-12-14(4-6-15(16)22-2)5-7-18(21)25-13-17(20)19-8-10-23-11-9-19/h4-7,12H,3,8-11,13H2,1-2H3/b7-5+. The number of carbonyl (C=O) groups is 2. The fraction of sp³-hybridized carbons (Fsp3) is 0.444. The van der Waals surface area contributed by atoms with Crippen LogP contribution in [-0.4, -0.2) is 63.4 Å². The number of carbonyl (C=O) groups excluding carboxylic acids is 2. The molecule has 2 rings (SSSR count). The first-order chi connectivity index (χ1) is 12.1. The molecule has 0 spiro atoms. The van der Waals surface area contributed by atoms with E-state index in [1.807, 2.05) is 6.92 Å². The van der Waals surface area contributed by atoms with E-state index in [-0.39, 0.29) is 12.5 Å². The Labute approximate surface area is 147 Å². The van der Waals surface area contributed by atoms with Crippen LogP contribution in [0.1, 0.15) is 12.5 Å². The van der Waals surface area contributed by atoms with Gasteiger partial charge < -0.3 is 23.8 Å². The van der Waals surface area contributed by atoms with Crippen molar-refractivity contribution in [3.05, 3.63) is 29.8 Å². The zero-order valence-electron chi connectivity index (χ0n) is 14.5. The van der Waals surface area contributed by atoms with Gasteiger partial charge in [-0.3, -0.25) is 4.79 Å². The summed E-state index contributed by atoms with van der Waals surface area (Å²) in [5.74, 6) is 0.434. The summed E-state index contributed by atoms with van der Waals surface area (Å²) in [6.07, 6.45) is 2.88. The fourth-order valence-electron chi connectivity index (χ4n) is 2.31. The van der Waals surface area contributed by atoms with Crippen LogP contribution in [0.15, 0.2) is 24.3 Å². The Morgan fingerprint density at radius 3 is 2.68 bits per heavy atom. The number of rotatable bonds is 7. The number of hydrogen-bond donors (Lipinski definition) is 0. The Kier molecular flexibility index (Phi) is 7.28. The Morgan fingerprint density at radius 2 is 2.00 bits per heavy atom. The van der Waals surface area contributed by atoms with Crippen molar-refractivity contribution in [2.24, 2.45) is 0 Å². The van der Waals surface area contributed by atoms with Gasteiger partial charge in [0.05, 0.1) is 26.9 Å². The van der Waals surface area contributed by atoms with Crippen LogP contribution in [-0.2, 0) is 19.1 Å². The van der Waals surface area contributed by atoms with Crippen LogP contribution in [0.4, 0.5) is 0 Å². The monoisotopic (exact) mass is 349 g/mol. The molecule has 1 aliphatic rings. The second-order valence-electron chi connectivity index (χ2n) is 5.28. The summed E-state index contributed by atoms with van der Waals surface area (Å²) in [5.41, 5.74) is 0.765. The Morgan fingerprint density at radius 1 is 1.24 bits per heavy atom. The van der Waals surface area contributed by atoms with Gasteiger partial charge in [-0.1, -0.05) is 6.07 Å². The lowest BCUT2D eigenvalue weighted by Crippen LogP contribution is -2.42. The molecule has 0 bridgehead atoms. The molecular weight excluding hydrogens is 326 g/mol. The van der Waals surface area contributed by atoms with Crippen LogP contribution >= 0.6 is 0 Å². The van der Waals surface area contributed by atoms with Gasteiger partial charge in [0.25, 0.3) is 5.91 Å². The average Bonchev–Trinajstić information content (AvgIpc) is 2.65. The van der Waals surface area contributed by atoms with Gasteiger partial charge in [0.15, 0.2) is 18.1 Å². The van der Waals surface area contributed by atoms with Gasteiger partial charge in [0.1, 0.15) is 0 Å². The third kappa shape index (κ3) is 5.79. The van der Waals surface area contributed by atoms with Gasteiger partial charge in [0, 0.05) is 19.2 Å². The zero-order valence-corrected chi connectivity index (χ0v) is 14.5. The van der Waals surface area contributed by atoms with E-state index in [0.717, 1.165) is 5.56 Å². The second-order valence-corrected chi connectivity index (χ2v) is 5.28. The highest BCUT2D eigenvalue weighted by molar-refractivity contribution is 5.89. The molecule has 7 nitrogen and oxygen atoms in total. The summed E-state index contributed by atoms with van der Waals surface area (Å²) in [6.45, 7) is 4.20. The minimum atomic E-state index is -0.574. The molecular formula is C18H23NO6. The van der Waals surface area contributed by atoms with Gasteiger partial charge >= 0.3 is 5.97 Å². The molecule has 0 atom stereocenters. The lowest BCUT2D eigenvalue weighted by atomic mass is 10.2. The lowest BCUT2D eigenvalue weighted by molar-refractivity contribution is -0.150. The van der Waals surface area contributed by atoms with Crippen LogP contribution in [0.2, 0.25) is 0 Å². The number of amides is 1. The van der Waals surface area contributed by atoms with E-state index in [1.165, 1.54) is 6.08 Å². The summed E-state index contributed by atoms with van der Waals surface area (Å²) in [4.78, 5) is 25.3. The molecule has 7 heteroatoms. The van der Waals surface area contributed by atoms with E-state index >= 15 is 0 Å². The molecule has 0 aromatic heterocycles. The highest BCUT2D eigenvalue weighted by Crippen LogP contribution is 2.28. The number of hydrogen-bond acceptors (Lipinski definition) is 6. The number of esters is 1. The Bertz CT molecular complexity index is 622. The highest BCUT2D eigenvalue weighted by atomic mass is 16.5. The molecule has 25 heavy (non-hydrogen) atoms. The molecule has 1 aromatic rings. The van der Waals surface area contributed by atoms with Gasteiger partial charge in [-0.2, -0.15) is 0 Å². The number of ether oxygens (including phenoxy) is 4. The quantitative estimate of drug-likeness (QED) is 0.549. The Hall–Kier alpha value is -2.54. The highest BCUT2D eigenvalue weighted by Gasteiger charge is 2.17. The predicted octanol–water partition coefficient (Wildman–Crippen LogP) is 1.51. The minimum Gasteiger partial charge on any atom is -0.493 e. The third-order valence-electron chi connectivity index (χ3n) is 3.60. The van der Waals surface area contributed by atoms with Crippen molar-refractivity contribution < 1.29 is 28.5 Å². The molecule has 0 unspecified atom stereocenters. The van der Waals surface area contributed by atoms with Gasteiger partial charge in [0.2, 0.25) is 0 Å². The van der Waals surface area contributed by atoms with Crippen molar-refractivity contribution in [3.63, 3.8) is 0 Å². The molecule has 0 N–H and O–H groups in total. The molecule has 1 fully saturated rings. The molecule has 1 amide bonds. The van der Waals surface area contributed by atoms with Crippen LogP contribution in [0.3, 0.4) is 0 Å². The third-order valence-corrected chi connectivity index (χ3v) is 3.60.